The molecule has 2 heterocycles. The normalized spacial score (nSPS) is 13.5. The standard InChI is InChI=1S/C24H26FN3O3/c1-30-21-8-5-16(13-22(21)31-2)9-10-26-23-18-14-17(25)6-7-20(18)27-15-19(23)24(29)28-11-3-4-12-28/h5-8,13-15H,3-4,9-12H2,1-2H3,(H,26,27). The SMILES string of the molecule is COc1ccc(CCNc2c(C(=O)N3CCCC3)cnc3ccc(F)cc23)cc1OC. The molecule has 2 aromatic carbocycles. The van der Waals surface area contributed by atoms with Crippen LogP contribution >= 0.6 is 0 Å². The van der Waals surface area contributed by atoms with Crippen LogP contribution in [0.5, 0.6) is 11.5 Å². The molecule has 1 fully saturated rings. The largest absolute Gasteiger partial charge is 0.493 e. The van der Waals surface area contributed by atoms with Gasteiger partial charge in [0, 0.05) is 31.2 Å². The van der Waals surface area contributed by atoms with Gasteiger partial charge in [-0.3, -0.25) is 9.78 Å². The Bertz CT molecular complexity index is 1100. The number of carbonyl (C=O) groups excluding carboxylic acids is 1. The molecule has 0 unspecified atom stereocenters. The number of hydrogen-bond donors (Lipinski definition) is 1. The highest BCUT2D eigenvalue weighted by Gasteiger charge is 2.23. The third-order valence-corrected chi connectivity index (χ3v) is 5.62. The minimum Gasteiger partial charge on any atom is -0.493 e. The maximum atomic E-state index is 14.0. The van der Waals surface area contributed by atoms with Gasteiger partial charge in [-0.2, -0.15) is 0 Å². The van der Waals surface area contributed by atoms with Gasteiger partial charge in [0.15, 0.2) is 11.5 Å². The van der Waals surface area contributed by atoms with Crippen LogP contribution in [0.25, 0.3) is 10.9 Å². The lowest BCUT2D eigenvalue weighted by molar-refractivity contribution is 0.0793. The number of amides is 1. The highest BCUT2D eigenvalue weighted by Crippen LogP contribution is 2.30. The second-order valence-electron chi connectivity index (χ2n) is 7.57. The maximum absolute atomic E-state index is 14.0. The van der Waals surface area contributed by atoms with Crippen molar-refractivity contribution in [2.45, 2.75) is 19.3 Å². The molecule has 1 saturated heterocycles. The Morgan fingerprint density at radius 2 is 1.87 bits per heavy atom. The highest BCUT2D eigenvalue weighted by atomic mass is 19.1. The van der Waals surface area contributed by atoms with Crippen molar-refractivity contribution in [1.82, 2.24) is 9.88 Å². The molecule has 0 aliphatic carbocycles. The summed E-state index contributed by atoms with van der Waals surface area (Å²) in [4.78, 5) is 19.3. The van der Waals surface area contributed by atoms with Crippen molar-refractivity contribution < 1.29 is 18.7 Å². The van der Waals surface area contributed by atoms with Crippen molar-refractivity contribution in [1.29, 1.82) is 0 Å². The van der Waals surface area contributed by atoms with Crippen LogP contribution in [0, 0.1) is 5.82 Å². The number of ether oxygens (including phenoxy) is 2. The van der Waals surface area contributed by atoms with E-state index in [0.717, 1.165) is 31.5 Å². The van der Waals surface area contributed by atoms with Gasteiger partial charge < -0.3 is 19.7 Å². The van der Waals surface area contributed by atoms with Crippen molar-refractivity contribution in [2.24, 2.45) is 0 Å². The first-order chi connectivity index (χ1) is 15.1. The number of carbonyl (C=O) groups is 1. The summed E-state index contributed by atoms with van der Waals surface area (Å²) in [6, 6.07) is 10.2. The highest BCUT2D eigenvalue weighted by molar-refractivity contribution is 6.07. The van der Waals surface area contributed by atoms with Crippen LogP contribution in [0.4, 0.5) is 10.1 Å². The van der Waals surface area contributed by atoms with E-state index in [1.807, 2.05) is 23.1 Å². The van der Waals surface area contributed by atoms with Gasteiger partial charge in [0.2, 0.25) is 0 Å². The number of rotatable bonds is 7. The molecule has 0 saturated carbocycles. The van der Waals surface area contributed by atoms with Gasteiger partial charge in [-0.15, -0.1) is 0 Å². The van der Waals surface area contributed by atoms with Crippen molar-refractivity contribution in [3.05, 3.63) is 59.5 Å². The first-order valence-corrected chi connectivity index (χ1v) is 10.4. The fourth-order valence-electron chi connectivity index (χ4n) is 3.98. The quantitative estimate of drug-likeness (QED) is 0.615. The first-order valence-electron chi connectivity index (χ1n) is 10.4. The number of anilines is 1. The van der Waals surface area contributed by atoms with Crippen molar-refractivity contribution in [3.8, 4) is 11.5 Å². The third-order valence-electron chi connectivity index (χ3n) is 5.62. The Hall–Kier alpha value is -3.35. The summed E-state index contributed by atoms with van der Waals surface area (Å²) in [5.74, 6) is 0.919. The van der Waals surface area contributed by atoms with Crippen LogP contribution in [0.15, 0.2) is 42.6 Å². The molecule has 7 heteroatoms. The number of benzene rings is 2. The molecule has 1 N–H and O–H groups in total. The summed E-state index contributed by atoms with van der Waals surface area (Å²) in [5, 5.41) is 3.98. The molecule has 0 radical (unpaired) electrons. The van der Waals surface area contributed by atoms with Crippen LogP contribution in [-0.2, 0) is 6.42 Å². The molecule has 0 spiro atoms. The number of fused-ring (bicyclic) bond motifs is 1. The number of nitrogens with zero attached hydrogens (tertiary/aromatic N) is 2. The van der Waals surface area contributed by atoms with Gasteiger partial charge in [-0.1, -0.05) is 6.07 Å². The van der Waals surface area contributed by atoms with E-state index in [1.165, 1.54) is 12.1 Å². The fourth-order valence-corrected chi connectivity index (χ4v) is 3.98. The molecule has 0 bridgehead atoms. The third kappa shape index (κ3) is 4.40. The number of halogens is 1. The summed E-state index contributed by atoms with van der Waals surface area (Å²) >= 11 is 0. The molecule has 1 aliphatic rings. The van der Waals surface area contributed by atoms with Crippen LogP contribution in [-0.4, -0.2) is 49.6 Å². The Labute approximate surface area is 181 Å². The van der Waals surface area contributed by atoms with Crippen molar-refractivity contribution >= 4 is 22.5 Å². The Kier molecular flexibility index (Phi) is 6.21. The number of aromatic nitrogens is 1. The van der Waals surface area contributed by atoms with E-state index in [1.54, 1.807) is 26.5 Å². The van der Waals surface area contributed by atoms with Crippen LogP contribution in [0.2, 0.25) is 0 Å². The minimum atomic E-state index is -0.358. The van der Waals surface area contributed by atoms with E-state index < -0.39 is 0 Å². The molecule has 4 rings (SSSR count). The fraction of sp³-hybridized carbons (Fsp3) is 0.333. The summed E-state index contributed by atoms with van der Waals surface area (Å²) in [6.07, 6.45) is 4.29. The molecule has 0 atom stereocenters. The molecule has 3 aromatic rings. The molecule has 1 aliphatic heterocycles. The van der Waals surface area contributed by atoms with Gasteiger partial charge in [0.05, 0.1) is 31.0 Å². The number of nitrogens with one attached hydrogen (secondary N) is 1. The number of methoxy groups -OCH3 is 2. The van der Waals surface area contributed by atoms with Gasteiger partial charge >= 0.3 is 0 Å². The van der Waals surface area contributed by atoms with Crippen LogP contribution < -0.4 is 14.8 Å². The minimum absolute atomic E-state index is 0.0650. The lowest BCUT2D eigenvalue weighted by Gasteiger charge is -2.19. The van der Waals surface area contributed by atoms with Crippen molar-refractivity contribution in [2.75, 3.05) is 39.2 Å². The monoisotopic (exact) mass is 423 g/mol. The predicted molar refractivity (Wildman–Crippen MR) is 119 cm³/mol. The van der Waals surface area contributed by atoms with E-state index in [-0.39, 0.29) is 11.7 Å². The average Bonchev–Trinajstić information content (AvgIpc) is 3.33. The summed E-state index contributed by atoms with van der Waals surface area (Å²) in [6.45, 7) is 2.04. The topological polar surface area (TPSA) is 63.7 Å². The van der Waals surface area contributed by atoms with E-state index in [2.05, 4.69) is 10.3 Å². The predicted octanol–water partition coefficient (Wildman–Crippen LogP) is 4.28. The molecule has 31 heavy (non-hydrogen) atoms. The smallest absolute Gasteiger partial charge is 0.257 e. The van der Waals surface area contributed by atoms with E-state index in [0.29, 0.717) is 46.6 Å². The molecule has 1 aromatic heterocycles. The van der Waals surface area contributed by atoms with Gasteiger partial charge in [0.1, 0.15) is 5.82 Å². The van der Waals surface area contributed by atoms with E-state index >= 15 is 0 Å². The lowest BCUT2D eigenvalue weighted by Crippen LogP contribution is -2.28. The van der Waals surface area contributed by atoms with E-state index in [9.17, 15) is 9.18 Å². The zero-order chi connectivity index (χ0) is 21.8. The average molecular weight is 423 g/mol. The first kappa shape index (κ1) is 20.9. The van der Waals surface area contributed by atoms with Gasteiger partial charge in [0.25, 0.3) is 5.91 Å². The number of hydrogen-bond acceptors (Lipinski definition) is 5. The molecular formula is C24H26FN3O3. The molecular weight excluding hydrogens is 397 g/mol. The second-order valence-corrected chi connectivity index (χ2v) is 7.57. The van der Waals surface area contributed by atoms with Gasteiger partial charge in [-0.05, 0) is 55.2 Å². The number of pyridine rings is 1. The Morgan fingerprint density at radius 1 is 1.10 bits per heavy atom. The molecule has 162 valence electrons. The molecule has 6 nitrogen and oxygen atoms in total. The maximum Gasteiger partial charge on any atom is 0.257 e. The van der Waals surface area contributed by atoms with Gasteiger partial charge in [-0.25, -0.2) is 4.39 Å². The summed E-state index contributed by atoms with van der Waals surface area (Å²) in [7, 11) is 3.21. The number of likely N-dealkylation sites (tertiary alicyclic amines) is 1. The summed E-state index contributed by atoms with van der Waals surface area (Å²) in [5.41, 5.74) is 2.81. The van der Waals surface area contributed by atoms with Crippen LogP contribution in [0.3, 0.4) is 0 Å². The zero-order valence-electron chi connectivity index (χ0n) is 17.8. The molecule has 1 amide bonds. The van der Waals surface area contributed by atoms with E-state index in [4.69, 9.17) is 9.47 Å². The lowest BCUT2D eigenvalue weighted by atomic mass is 10.1. The van der Waals surface area contributed by atoms with Crippen LogP contribution in [0.1, 0.15) is 28.8 Å². The Morgan fingerprint density at radius 3 is 2.61 bits per heavy atom. The Balaban J connectivity index is 1.61. The second kappa shape index (κ2) is 9.20. The summed E-state index contributed by atoms with van der Waals surface area (Å²) < 4.78 is 24.7. The van der Waals surface area contributed by atoms with Crippen molar-refractivity contribution in [3.63, 3.8) is 0 Å². The zero-order valence-corrected chi connectivity index (χ0v) is 17.8.